The zero-order valence-electron chi connectivity index (χ0n) is 9.43. The van der Waals surface area contributed by atoms with Crippen LogP contribution in [0.2, 0.25) is 0 Å². The van der Waals surface area contributed by atoms with Gasteiger partial charge in [-0.1, -0.05) is 27.7 Å². The first-order chi connectivity index (χ1) is 6.07. The van der Waals surface area contributed by atoms with Crippen molar-refractivity contribution in [3.63, 3.8) is 0 Å². The Kier molecular flexibility index (Phi) is 2.18. The van der Waals surface area contributed by atoms with Gasteiger partial charge in [-0.25, -0.2) is 0 Å². The highest BCUT2D eigenvalue weighted by molar-refractivity contribution is 5.06. The zero-order valence-corrected chi connectivity index (χ0v) is 9.43. The molecule has 1 heteroatoms. The maximum absolute atomic E-state index is 3.63. The standard InChI is InChI=1S/C12H23N/c1-5-13-11-7-9-6-10(8(11)2)12(9,3)4/h8-11,13H,5-7H2,1-4H3/t8?,9-,10+,11+/m0/s1. The highest BCUT2D eigenvalue weighted by atomic mass is 14.9. The van der Waals surface area contributed by atoms with Crippen LogP contribution in [-0.4, -0.2) is 12.6 Å². The Morgan fingerprint density at radius 3 is 2.46 bits per heavy atom. The average molecular weight is 181 g/mol. The van der Waals surface area contributed by atoms with E-state index in [9.17, 15) is 0 Å². The summed E-state index contributed by atoms with van der Waals surface area (Å²) in [7, 11) is 0. The van der Waals surface area contributed by atoms with Gasteiger partial charge in [0.05, 0.1) is 0 Å². The van der Waals surface area contributed by atoms with Crippen LogP contribution in [-0.2, 0) is 0 Å². The van der Waals surface area contributed by atoms with Crippen LogP contribution >= 0.6 is 0 Å². The molecule has 3 aliphatic rings. The number of rotatable bonds is 2. The molecule has 2 bridgehead atoms. The minimum atomic E-state index is 0.644. The minimum absolute atomic E-state index is 0.644. The molecule has 3 aliphatic carbocycles. The van der Waals surface area contributed by atoms with Crippen LogP contribution in [0.3, 0.4) is 0 Å². The molecule has 1 N–H and O–H groups in total. The van der Waals surface area contributed by atoms with E-state index < -0.39 is 0 Å². The molecule has 3 saturated carbocycles. The Balaban J connectivity index is 2.03. The van der Waals surface area contributed by atoms with Gasteiger partial charge in [0.1, 0.15) is 0 Å². The number of hydrogen-bond donors (Lipinski definition) is 1. The van der Waals surface area contributed by atoms with Gasteiger partial charge in [-0.3, -0.25) is 0 Å². The van der Waals surface area contributed by atoms with E-state index in [2.05, 4.69) is 33.0 Å². The fourth-order valence-electron chi connectivity index (χ4n) is 3.68. The van der Waals surface area contributed by atoms with Crippen molar-refractivity contribution in [1.82, 2.24) is 5.32 Å². The van der Waals surface area contributed by atoms with Crippen molar-refractivity contribution in [3.05, 3.63) is 0 Å². The van der Waals surface area contributed by atoms with E-state index in [0.29, 0.717) is 5.41 Å². The summed E-state index contributed by atoms with van der Waals surface area (Å²) in [6.45, 7) is 10.7. The van der Waals surface area contributed by atoms with Crippen LogP contribution < -0.4 is 5.32 Å². The summed E-state index contributed by atoms with van der Waals surface area (Å²) in [5.41, 5.74) is 0.644. The van der Waals surface area contributed by atoms with Crippen molar-refractivity contribution >= 4 is 0 Å². The normalized spacial score (nSPS) is 47.1. The quantitative estimate of drug-likeness (QED) is 0.690. The molecule has 0 spiro atoms. The molecule has 0 amide bonds. The Bertz CT molecular complexity index is 197. The first kappa shape index (κ1) is 9.51. The third-order valence-electron chi connectivity index (χ3n) is 4.82. The zero-order chi connectivity index (χ0) is 9.64. The fraction of sp³-hybridized carbons (Fsp3) is 1.00. The summed E-state index contributed by atoms with van der Waals surface area (Å²) in [4.78, 5) is 0. The van der Waals surface area contributed by atoms with E-state index in [4.69, 9.17) is 0 Å². The molecule has 1 unspecified atom stereocenters. The molecule has 0 heterocycles. The summed E-state index contributed by atoms with van der Waals surface area (Å²) in [5, 5.41) is 3.63. The van der Waals surface area contributed by atoms with Gasteiger partial charge in [0.2, 0.25) is 0 Å². The van der Waals surface area contributed by atoms with Gasteiger partial charge >= 0.3 is 0 Å². The molecular weight excluding hydrogens is 158 g/mol. The van der Waals surface area contributed by atoms with Crippen molar-refractivity contribution in [2.24, 2.45) is 23.2 Å². The summed E-state index contributed by atoms with van der Waals surface area (Å²) in [6.07, 6.45) is 2.91. The van der Waals surface area contributed by atoms with Gasteiger partial charge in [-0.2, -0.15) is 0 Å². The van der Waals surface area contributed by atoms with Crippen LogP contribution in [0.1, 0.15) is 40.5 Å². The second-order valence-electron chi connectivity index (χ2n) is 5.62. The molecule has 4 atom stereocenters. The molecule has 0 aromatic carbocycles. The number of fused-ring (bicyclic) bond motifs is 2. The highest BCUT2D eigenvalue weighted by Gasteiger charge is 2.55. The smallest absolute Gasteiger partial charge is 0.00982 e. The third-order valence-corrected chi connectivity index (χ3v) is 4.82. The first-order valence-electron chi connectivity index (χ1n) is 5.80. The maximum atomic E-state index is 3.63. The van der Waals surface area contributed by atoms with Crippen molar-refractivity contribution in [1.29, 1.82) is 0 Å². The van der Waals surface area contributed by atoms with Gasteiger partial charge in [0, 0.05) is 6.04 Å². The van der Waals surface area contributed by atoms with Crippen LogP contribution in [0.4, 0.5) is 0 Å². The van der Waals surface area contributed by atoms with Gasteiger partial charge in [0.15, 0.2) is 0 Å². The Labute approximate surface area is 82.3 Å². The number of nitrogens with one attached hydrogen (secondary N) is 1. The van der Waals surface area contributed by atoms with Crippen molar-refractivity contribution < 1.29 is 0 Å². The molecule has 0 radical (unpaired) electrons. The predicted octanol–water partition coefficient (Wildman–Crippen LogP) is 2.67. The van der Waals surface area contributed by atoms with Gasteiger partial charge < -0.3 is 5.32 Å². The molecule has 0 saturated heterocycles. The van der Waals surface area contributed by atoms with Gasteiger partial charge in [-0.05, 0) is 42.6 Å². The molecule has 0 aromatic rings. The molecule has 0 aromatic heterocycles. The lowest BCUT2D eigenvalue weighted by Gasteiger charge is -2.62. The Morgan fingerprint density at radius 2 is 2.00 bits per heavy atom. The molecule has 13 heavy (non-hydrogen) atoms. The van der Waals surface area contributed by atoms with E-state index in [1.54, 1.807) is 0 Å². The lowest BCUT2D eigenvalue weighted by molar-refractivity contribution is -0.114. The summed E-state index contributed by atoms with van der Waals surface area (Å²) < 4.78 is 0. The monoisotopic (exact) mass is 181 g/mol. The first-order valence-corrected chi connectivity index (χ1v) is 5.80. The van der Waals surface area contributed by atoms with Crippen molar-refractivity contribution in [3.8, 4) is 0 Å². The SMILES string of the molecule is CCN[C@@H]1C[C@@H]2C[C@H](C1C)C2(C)C. The molecule has 0 aliphatic heterocycles. The largest absolute Gasteiger partial charge is 0.314 e. The Hall–Kier alpha value is -0.0400. The average Bonchev–Trinajstić information content (AvgIpc) is 2.08. The number of hydrogen-bond acceptors (Lipinski definition) is 1. The lowest BCUT2D eigenvalue weighted by atomic mass is 9.45. The van der Waals surface area contributed by atoms with E-state index in [-0.39, 0.29) is 0 Å². The minimum Gasteiger partial charge on any atom is -0.314 e. The maximum Gasteiger partial charge on any atom is 0.00982 e. The van der Waals surface area contributed by atoms with Gasteiger partial charge in [-0.15, -0.1) is 0 Å². The molecule has 3 fully saturated rings. The fourth-order valence-corrected chi connectivity index (χ4v) is 3.68. The van der Waals surface area contributed by atoms with Crippen LogP contribution in [0.5, 0.6) is 0 Å². The predicted molar refractivity (Wildman–Crippen MR) is 56.6 cm³/mol. The molecular formula is C12H23N. The Morgan fingerprint density at radius 1 is 1.31 bits per heavy atom. The molecule has 1 nitrogen and oxygen atoms in total. The van der Waals surface area contributed by atoms with Crippen LogP contribution in [0.25, 0.3) is 0 Å². The molecule has 3 rings (SSSR count). The van der Waals surface area contributed by atoms with E-state index in [0.717, 1.165) is 30.3 Å². The second-order valence-corrected chi connectivity index (χ2v) is 5.62. The lowest BCUT2D eigenvalue weighted by Crippen LogP contribution is -2.59. The van der Waals surface area contributed by atoms with Crippen LogP contribution in [0.15, 0.2) is 0 Å². The second kappa shape index (κ2) is 2.98. The highest BCUT2D eigenvalue weighted by Crippen LogP contribution is 2.61. The van der Waals surface area contributed by atoms with E-state index in [1.165, 1.54) is 12.8 Å². The van der Waals surface area contributed by atoms with E-state index >= 15 is 0 Å². The van der Waals surface area contributed by atoms with Gasteiger partial charge in [0.25, 0.3) is 0 Å². The molecule has 76 valence electrons. The van der Waals surface area contributed by atoms with Crippen LogP contribution in [0, 0.1) is 23.2 Å². The third kappa shape index (κ3) is 1.24. The topological polar surface area (TPSA) is 12.0 Å². The van der Waals surface area contributed by atoms with Crippen molar-refractivity contribution in [2.75, 3.05) is 6.54 Å². The summed E-state index contributed by atoms with van der Waals surface area (Å²) >= 11 is 0. The van der Waals surface area contributed by atoms with Crippen molar-refractivity contribution in [2.45, 2.75) is 46.6 Å². The summed E-state index contributed by atoms with van der Waals surface area (Å²) in [5.74, 6) is 2.87. The van der Waals surface area contributed by atoms with E-state index in [1.807, 2.05) is 0 Å². The summed E-state index contributed by atoms with van der Waals surface area (Å²) in [6, 6.07) is 0.807.